The highest BCUT2D eigenvalue weighted by atomic mass is 16.3. The highest BCUT2D eigenvalue weighted by molar-refractivity contribution is 5.83. The molecule has 0 amide bonds. The molecule has 1 aromatic carbocycles. The molecule has 0 heterocycles. The molecule has 2 atom stereocenters. The van der Waals surface area contributed by atoms with Crippen LogP contribution in [-0.2, 0) is 16.0 Å². The first-order chi connectivity index (χ1) is 8.56. The summed E-state index contributed by atoms with van der Waals surface area (Å²) in [5.74, 6) is 0.107. The maximum absolute atomic E-state index is 11.9. The molecule has 0 fully saturated rings. The van der Waals surface area contributed by atoms with E-state index in [1.54, 1.807) is 12.1 Å². The zero-order chi connectivity index (χ0) is 13.5. The Balaban J connectivity index is 2.54. The number of aromatic hydroxyl groups is 1. The number of aldehydes is 1. The van der Waals surface area contributed by atoms with Gasteiger partial charge >= 0.3 is 0 Å². The van der Waals surface area contributed by atoms with Gasteiger partial charge in [0.1, 0.15) is 17.8 Å². The van der Waals surface area contributed by atoms with E-state index in [1.807, 2.05) is 26.0 Å². The molecule has 0 spiro atoms. The SMILES string of the molecule is CC[C@@H](C=O)CC(=O)[C@H](C)Cc1ccc(O)cc1. The predicted octanol–water partition coefficient (Wildman–Crippen LogP) is 2.76. The third kappa shape index (κ3) is 4.32. The van der Waals surface area contributed by atoms with Crippen molar-refractivity contribution in [2.75, 3.05) is 0 Å². The third-order valence-corrected chi connectivity index (χ3v) is 3.21. The number of rotatable bonds is 7. The molecule has 3 heteroatoms. The lowest BCUT2D eigenvalue weighted by molar-refractivity contribution is -0.125. The molecule has 18 heavy (non-hydrogen) atoms. The van der Waals surface area contributed by atoms with Gasteiger partial charge in [-0.2, -0.15) is 0 Å². The first kappa shape index (κ1) is 14.4. The Morgan fingerprint density at radius 1 is 1.33 bits per heavy atom. The van der Waals surface area contributed by atoms with Crippen LogP contribution in [0.5, 0.6) is 5.75 Å². The van der Waals surface area contributed by atoms with Crippen LogP contribution in [0.15, 0.2) is 24.3 Å². The van der Waals surface area contributed by atoms with E-state index in [0.717, 1.165) is 11.8 Å². The average molecular weight is 248 g/mol. The Kier molecular flexibility index (Phi) is 5.56. The lowest BCUT2D eigenvalue weighted by atomic mass is 9.90. The van der Waals surface area contributed by atoms with Crippen molar-refractivity contribution in [3.63, 3.8) is 0 Å². The van der Waals surface area contributed by atoms with Gasteiger partial charge in [-0.3, -0.25) is 4.79 Å². The summed E-state index contributed by atoms with van der Waals surface area (Å²) in [4.78, 5) is 22.6. The first-order valence-electron chi connectivity index (χ1n) is 6.32. The van der Waals surface area contributed by atoms with Gasteiger partial charge in [0.2, 0.25) is 0 Å². The van der Waals surface area contributed by atoms with Gasteiger partial charge in [0, 0.05) is 18.3 Å². The zero-order valence-corrected chi connectivity index (χ0v) is 10.9. The van der Waals surface area contributed by atoms with Gasteiger partial charge in [0.25, 0.3) is 0 Å². The molecular weight excluding hydrogens is 228 g/mol. The van der Waals surface area contributed by atoms with Crippen LogP contribution in [0.2, 0.25) is 0 Å². The van der Waals surface area contributed by atoms with E-state index < -0.39 is 0 Å². The monoisotopic (exact) mass is 248 g/mol. The maximum atomic E-state index is 11.9. The minimum Gasteiger partial charge on any atom is -0.508 e. The van der Waals surface area contributed by atoms with Gasteiger partial charge in [-0.05, 0) is 30.5 Å². The standard InChI is InChI=1S/C15H20O3/c1-3-12(10-16)9-15(18)11(2)8-13-4-6-14(17)7-5-13/h4-7,10-12,17H,3,8-9H2,1-2H3/t11-,12-/m1/s1. The molecule has 1 N–H and O–H groups in total. The Morgan fingerprint density at radius 3 is 2.44 bits per heavy atom. The molecule has 0 aromatic heterocycles. The van der Waals surface area contributed by atoms with Gasteiger partial charge in [-0.15, -0.1) is 0 Å². The second kappa shape index (κ2) is 6.94. The van der Waals surface area contributed by atoms with Gasteiger partial charge in [-0.1, -0.05) is 26.0 Å². The van der Waals surface area contributed by atoms with E-state index in [2.05, 4.69) is 0 Å². The first-order valence-corrected chi connectivity index (χ1v) is 6.32. The van der Waals surface area contributed by atoms with Crippen molar-refractivity contribution in [1.29, 1.82) is 0 Å². The Bertz CT molecular complexity index is 395. The second-order valence-electron chi connectivity index (χ2n) is 4.75. The number of phenols is 1. The van der Waals surface area contributed by atoms with Crippen LogP contribution in [0.3, 0.4) is 0 Å². The van der Waals surface area contributed by atoms with Gasteiger partial charge in [0.15, 0.2) is 0 Å². The van der Waals surface area contributed by atoms with Crippen molar-refractivity contribution < 1.29 is 14.7 Å². The normalized spacial score (nSPS) is 13.9. The van der Waals surface area contributed by atoms with E-state index in [-0.39, 0.29) is 23.4 Å². The third-order valence-electron chi connectivity index (χ3n) is 3.21. The summed E-state index contributed by atoms with van der Waals surface area (Å²) < 4.78 is 0. The smallest absolute Gasteiger partial charge is 0.136 e. The number of benzene rings is 1. The van der Waals surface area contributed by atoms with Crippen molar-refractivity contribution in [2.45, 2.75) is 33.1 Å². The van der Waals surface area contributed by atoms with E-state index in [0.29, 0.717) is 19.3 Å². The largest absolute Gasteiger partial charge is 0.508 e. The summed E-state index contributed by atoms with van der Waals surface area (Å²) in [5, 5.41) is 9.18. The van der Waals surface area contributed by atoms with E-state index in [1.165, 1.54) is 0 Å². The summed E-state index contributed by atoms with van der Waals surface area (Å²) in [5.41, 5.74) is 1.02. The lowest BCUT2D eigenvalue weighted by Crippen LogP contribution is -2.18. The molecule has 3 nitrogen and oxygen atoms in total. The van der Waals surface area contributed by atoms with E-state index in [4.69, 9.17) is 0 Å². The van der Waals surface area contributed by atoms with Crippen LogP contribution >= 0.6 is 0 Å². The highest BCUT2D eigenvalue weighted by Gasteiger charge is 2.17. The minimum absolute atomic E-state index is 0.0939. The molecular formula is C15H20O3. The summed E-state index contributed by atoms with van der Waals surface area (Å²) in [6.45, 7) is 3.80. The molecule has 0 bridgehead atoms. The molecule has 0 aliphatic rings. The average Bonchev–Trinajstić information content (AvgIpc) is 2.38. The van der Waals surface area contributed by atoms with Crippen LogP contribution in [0.1, 0.15) is 32.3 Å². The van der Waals surface area contributed by atoms with Crippen molar-refractivity contribution in [3.05, 3.63) is 29.8 Å². The van der Waals surface area contributed by atoms with Crippen LogP contribution in [0.25, 0.3) is 0 Å². The van der Waals surface area contributed by atoms with Gasteiger partial charge in [-0.25, -0.2) is 0 Å². The predicted molar refractivity (Wildman–Crippen MR) is 70.4 cm³/mol. The Morgan fingerprint density at radius 2 is 1.94 bits per heavy atom. The Hall–Kier alpha value is -1.64. The van der Waals surface area contributed by atoms with Gasteiger partial charge < -0.3 is 9.90 Å². The summed E-state index contributed by atoms with van der Waals surface area (Å²) in [6, 6.07) is 6.87. The number of ketones is 1. The number of Topliss-reactive ketones (excluding diaryl/α,β-unsaturated/α-hetero) is 1. The number of carbonyl (C=O) groups excluding carboxylic acids is 2. The maximum Gasteiger partial charge on any atom is 0.136 e. The van der Waals surface area contributed by atoms with Crippen LogP contribution < -0.4 is 0 Å². The van der Waals surface area contributed by atoms with Crippen LogP contribution in [0.4, 0.5) is 0 Å². The van der Waals surface area contributed by atoms with Crippen molar-refractivity contribution in [2.24, 2.45) is 11.8 Å². The molecule has 0 saturated heterocycles. The minimum atomic E-state index is -0.153. The van der Waals surface area contributed by atoms with E-state index in [9.17, 15) is 14.7 Å². The molecule has 0 unspecified atom stereocenters. The van der Waals surface area contributed by atoms with Crippen molar-refractivity contribution in [1.82, 2.24) is 0 Å². The molecule has 0 saturated carbocycles. The molecule has 98 valence electrons. The topological polar surface area (TPSA) is 54.4 Å². The number of carbonyl (C=O) groups is 2. The quantitative estimate of drug-likeness (QED) is 0.755. The van der Waals surface area contributed by atoms with E-state index >= 15 is 0 Å². The zero-order valence-electron chi connectivity index (χ0n) is 10.9. The number of hydrogen-bond donors (Lipinski definition) is 1. The lowest BCUT2D eigenvalue weighted by Gasteiger charge is -2.13. The Labute approximate surface area is 108 Å². The van der Waals surface area contributed by atoms with Crippen LogP contribution in [-0.4, -0.2) is 17.2 Å². The number of hydrogen-bond acceptors (Lipinski definition) is 3. The molecule has 1 rings (SSSR count). The highest BCUT2D eigenvalue weighted by Crippen LogP contribution is 2.17. The van der Waals surface area contributed by atoms with Crippen molar-refractivity contribution >= 4 is 12.1 Å². The second-order valence-corrected chi connectivity index (χ2v) is 4.75. The summed E-state index contributed by atoms with van der Waals surface area (Å²) in [6.07, 6.45) is 2.56. The van der Waals surface area contributed by atoms with Crippen LogP contribution in [0, 0.1) is 11.8 Å². The fourth-order valence-corrected chi connectivity index (χ4v) is 1.85. The van der Waals surface area contributed by atoms with Crippen molar-refractivity contribution in [3.8, 4) is 5.75 Å². The fraction of sp³-hybridized carbons (Fsp3) is 0.467. The fourth-order valence-electron chi connectivity index (χ4n) is 1.85. The molecule has 0 aliphatic carbocycles. The molecule has 1 aromatic rings. The summed E-state index contributed by atoms with van der Waals surface area (Å²) in [7, 11) is 0. The number of phenolic OH excluding ortho intramolecular Hbond substituents is 1. The molecule has 0 radical (unpaired) electrons. The molecule has 0 aliphatic heterocycles. The van der Waals surface area contributed by atoms with Gasteiger partial charge in [0.05, 0.1) is 0 Å². The summed E-state index contributed by atoms with van der Waals surface area (Å²) >= 11 is 0.